The fourth-order valence-corrected chi connectivity index (χ4v) is 2.24. The molecule has 14 heavy (non-hydrogen) atoms. The van der Waals surface area contributed by atoms with Crippen molar-refractivity contribution in [2.24, 2.45) is 0 Å². The first kappa shape index (κ1) is 9.71. The standard InChI is InChI=1S/C11H11BrO2/c1-14-8-2-3-10(12)9(6-8)11(7-13)4-5-11/h2-3,6-7H,4-5H2,1H3. The number of carbonyl (C=O) groups excluding carboxylic acids is 1. The van der Waals surface area contributed by atoms with Crippen molar-refractivity contribution in [2.75, 3.05) is 7.11 Å². The molecule has 0 aromatic heterocycles. The topological polar surface area (TPSA) is 26.3 Å². The van der Waals surface area contributed by atoms with Gasteiger partial charge in [0.1, 0.15) is 12.0 Å². The van der Waals surface area contributed by atoms with Gasteiger partial charge in [-0.25, -0.2) is 0 Å². The van der Waals surface area contributed by atoms with Crippen LogP contribution in [0, 0.1) is 0 Å². The third-order valence-electron chi connectivity index (χ3n) is 2.72. The zero-order valence-electron chi connectivity index (χ0n) is 7.92. The van der Waals surface area contributed by atoms with Gasteiger partial charge in [0.15, 0.2) is 0 Å². The number of hydrogen-bond acceptors (Lipinski definition) is 2. The molecule has 1 aromatic rings. The highest BCUT2D eigenvalue weighted by Crippen LogP contribution is 2.49. The first-order chi connectivity index (χ1) is 6.72. The summed E-state index contributed by atoms with van der Waals surface area (Å²) in [7, 11) is 1.63. The zero-order chi connectivity index (χ0) is 10.2. The normalized spacial score (nSPS) is 17.6. The zero-order valence-corrected chi connectivity index (χ0v) is 9.50. The fourth-order valence-electron chi connectivity index (χ4n) is 1.60. The Labute approximate surface area is 91.4 Å². The number of carbonyl (C=O) groups is 1. The molecule has 0 atom stereocenters. The summed E-state index contributed by atoms with van der Waals surface area (Å²) in [4.78, 5) is 11.0. The Morgan fingerprint density at radius 2 is 2.21 bits per heavy atom. The lowest BCUT2D eigenvalue weighted by atomic mass is 9.98. The third-order valence-corrected chi connectivity index (χ3v) is 3.42. The summed E-state index contributed by atoms with van der Waals surface area (Å²) in [6, 6.07) is 5.75. The van der Waals surface area contributed by atoms with Crippen LogP contribution < -0.4 is 4.74 Å². The van der Waals surface area contributed by atoms with Crippen molar-refractivity contribution in [1.82, 2.24) is 0 Å². The highest BCUT2D eigenvalue weighted by Gasteiger charge is 2.45. The van der Waals surface area contributed by atoms with E-state index in [1.165, 1.54) is 0 Å². The van der Waals surface area contributed by atoms with E-state index in [1.54, 1.807) is 7.11 Å². The van der Waals surface area contributed by atoms with Crippen LogP contribution in [-0.2, 0) is 10.2 Å². The van der Waals surface area contributed by atoms with Crippen LogP contribution in [0.4, 0.5) is 0 Å². The lowest BCUT2D eigenvalue weighted by Crippen LogP contribution is -2.08. The number of benzene rings is 1. The Hall–Kier alpha value is -0.830. The first-order valence-electron chi connectivity index (χ1n) is 4.52. The Balaban J connectivity index is 2.46. The van der Waals surface area contributed by atoms with Crippen LogP contribution in [0.1, 0.15) is 18.4 Å². The minimum absolute atomic E-state index is 0.243. The highest BCUT2D eigenvalue weighted by molar-refractivity contribution is 9.10. The van der Waals surface area contributed by atoms with E-state index < -0.39 is 0 Å². The van der Waals surface area contributed by atoms with Crippen molar-refractivity contribution in [3.8, 4) is 5.75 Å². The van der Waals surface area contributed by atoms with Crippen molar-refractivity contribution in [3.63, 3.8) is 0 Å². The van der Waals surface area contributed by atoms with Gasteiger partial charge in [-0.1, -0.05) is 15.9 Å². The largest absolute Gasteiger partial charge is 0.497 e. The van der Waals surface area contributed by atoms with Crippen molar-refractivity contribution < 1.29 is 9.53 Å². The van der Waals surface area contributed by atoms with Gasteiger partial charge < -0.3 is 9.53 Å². The van der Waals surface area contributed by atoms with Gasteiger partial charge >= 0.3 is 0 Å². The van der Waals surface area contributed by atoms with Gasteiger partial charge in [-0.15, -0.1) is 0 Å². The van der Waals surface area contributed by atoms with Gasteiger partial charge in [0, 0.05) is 4.47 Å². The van der Waals surface area contributed by atoms with E-state index in [4.69, 9.17) is 4.74 Å². The molecular formula is C11H11BrO2. The average Bonchev–Trinajstić information content (AvgIpc) is 2.99. The molecule has 0 heterocycles. The summed E-state index contributed by atoms with van der Waals surface area (Å²) in [5.41, 5.74) is 0.805. The molecule has 0 aliphatic heterocycles. The average molecular weight is 255 g/mol. The minimum Gasteiger partial charge on any atom is -0.497 e. The SMILES string of the molecule is COc1ccc(Br)c(C2(C=O)CC2)c1. The maximum Gasteiger partial charge on any atom is 0.130 e. The number of rotatable bonds is 3. The molecule has 0 radical (unpaired) electrons. The molecule has 0 N–H and O–H groups in total. The molecule has 1 aliphatic carbocycles. The van der Waals surface area contributed by atoms with Crippen molar-refractivity contribution >= 4 is 22.2 Å². The monoisotopic (exact) mass is 254 g/mol. The maximum atomic E-state index is 11.0. The number of ether oxygens (including phenoxy) is 1. The van der Waals surface area contributed by atoms with Crippen molar-refractivity contribution in [1.29, 1.82) is 0 Å². The van der Waals surface area contributed by atoms with Gasteiger partial charge in [-0.3, -0.25) is 0 Å². The predicted octanol–water partition coefficient (Wildman–Crippen LogP) is 2.69. The second-order valence-corrected chi connectivity index (χ2v) is 4.47. The molecule has 0 unspecified atom stereocenters. The van der Waals surface area contributed by atoms with Crippen LogP contribution in [-0.4, -0.2) is 13.4 Å². The van der Waals surface area contributed by atoms with E-state index in [9.17, 15) is 4.79 Å². The molecule has 0 bridgehead atoms. The summed E-state index contributed by atoms with van der Waals surface area (Å²) < 4.78 is 6.13. The lowest BCUT2D eigenvalue weighted by Gasteiger charge is -2.11. The maximum absolute atomic E-state index is 11.0. The highest BCUT2D eigenvalue weighted by atomic mass is 79.9. The minimum atomic E-state index is -0.243. The lowest BCUT2D eigenvalue weighted by molar-refractivity contribution is -0.109. The van der Waals surface area contributed by atoms with E-state index in [2.05, 4.69) is 15.9 Å². The summed E-state index contributed by atoms with van der Waals surface area (Å²) in [6.07, 6.45) is 2.94. The number of halogens is 1. The predicted molar refractivity (Wildman–Crippen MR) is 57.7 cm³/mol. The van der Waals surface area contributed by atoms with E-state index in [0.29, 0.717) is 0 Å². The molecule has 3 heteroatoms. The van der Waals surface area contributed by atoms with Gasteiger partial charge in [-0.2, -0.15) is 0 Å². The Bertz CT molecular complexity index is 370. The van der Waals surface area contributed by atoms with Gasteiger partial charge in [0.2, 0.25) is 0 Å². The fraction of sp³-hybridized carbons (Fsp3) is 0.364. The second kappa shape index (κ2) is 3.39. The van der Waals surface area contributed by atoms with Crippen LogP contribution in [0.3, 0.4) is 0 Å². The van der Waals surface area contributed by atoms with Crippen LogP contribution in [0.25, 0.3) is 0 Å². The smallest absolute Gasteiger partial charge is 0.130 e. The van der Waals surface area contributed by atoms with Gasteiger partial charge in [0.05, 0.1) is 12.5 Å². The number of aldehydes is 1. The third kappa shape index (κ3) is 1.46. The summed E-state index contributed by atoms with van der Waals surface area (Å²) in [5.74, 6) is 0.802. The molecule has 2 nitrogen and oxygen atoms in total. The Morgan fingerprint density at radius 1 is 1.50 bits per heavy atom. The Kier molecular flexibility index (Phi) is 2.35. The molecule has 2 rings (SSSR count). The molecule has 1 aromatic carbocycles. The van der Waals surface area contributed by atoms with Crippen LogP contribution in [0.2, 0.25) is 0 Å². The molecule has 1 aliphatic rings. The van der Waals surface area contributed by atoms with Crippen LogP contribution >= 0.6 is 15.9 Å². The molecule has 0 saturated heterocycles. The summed E-state index contributed by atoms with van der Waals surface area (Å²) in [6.45, 7) is 0. The van der Waals surface area contributed by atoms with Crippen molar-refractivity contribution in [2.45, 2.75) is 18.3 Å². The summed E-state index contributed by atoms with van der Waals surface area (Å²) in [5, 5.41) is 0. The van der Waals surface area contributed by atoms with E-state index in [1.807, 2.05) is 18.2 Å². The molecule has 0 spiro atoms. The van der Waals surface area contributed by atoms with E-state index in [-0.39, 0.29) is 5.41 Å². The second-order valence-electron chi connectivity index (χ2n) is 3.62. The van der Waals surface area contributed by atoms with Crippen LogP contribution in [0.5, 0.6) is 5.75 Å². The summed E-state index contributed by atoms with van der Waals surface area (Å²) >= 11 is 3.46. The molecule has 1 saturated carbocycles. The molecular weight excluding hydrogens is 244 g/mol. The van der Waals surface area contributed by atoms with Gasteiger partial charge in [-0.05, 0) is 36.6 Å². The first-order valence-corrected chi connectivity index (χ1v) is 5.31. The number of methoxy groups -OCH3 is 1. The van der Waals surface area contributed by atoms with E-state index in [0.717, 1.165) is 34.9 Å². The van der Waals surface area contributed by atoms with Gasteiger partial charge in [0.25, 0.3) is 0 Å². The number of hydrogen-bond donors (Lipinski definition) is 0. The van der Waals surface area contributed by atoms with Crippen LogP contribution in [0.15, 0.2) is 22.7 Å². The molecule has 74 valence electrons. The van der Waals surface area contributed by atoms with E-state index >= 15 is 0 Å². The quantitative estimate of drug-likeness (QED) is 0.776. The Morgan fingerprint density at radius 3 is 2.71 bits per heavy atom. The molecule has 1 fully saturated rings. The van der Waals surface area contributed by atoms with Crippen molar-refractivity contribution in [3.05, 3.63) is 28.2 Å². The molecule has 0 amide bonds.